The Morgan fingerprint density at radius 1 is 1.21 bits per heavy atom. The summed E-state index contributed by atoms with van der Waals surface area (Å²) in [5, 5.41) is 2.91. The average Bonchev–Trinajstić information content (AvgIpc) is 3.17. The van der Waals surface area contributed by atoms with Crippen LogP contribution in [-0.4, -0.2) is 45.3 Å². The highest BCUT2D eigenvalue weighted by Crippen LogP contribution is 2.28. The lowest BCUT2D eigenvalue weighted by molar-refractivity contribution is 0.0602. The van der Waals surface area contributed by atoms with E-state index in [1.165, 1.54) is 28.9 Å². The lowest BCUT2D eigenvalue weighted by Crippen LogP contribution is -2.36. The van der Waals surface area contributed by atoms with Crippen LogP contribution >= 0.6 is 11.3 Å². The van der Waals surface area contributed by atoms with Gasteiger partial charge in [0.05, 0.1) is 36.5 Å². The summed E-state index contributed by atoms with van der Waals surface area (Å²) >= 11 is 1.53. The largest absolute Gasteiger partial charge is 0.465 e. The summed E-state index contributed by atoms with van der Waals surface area (Å²) < 4.78 is 10.3. The van der Waals surface area contributed by atoms with Crippen LogP contribution in [0, 0.1) is 0 Å². The molecule has 0 aliphatic carbocycles. The summed E-state index contributed by atoms with van der Waals surface area (Å²) in [6.07, 6.45) is 2.92. The molecule has 2 aromatic rings. The van der Waals surface area contributed by atoms with E-state index >= 15 is 0 Å². The van der Waals surface area contributed by atoms with Crippen molar-refractivity contribution in [2.45, 2.75) is 33.1 Å². The minimum atomic E-state index is -0.470. The van der Waals surface area contributed by atoms with E-state index in [1.54, 1.807) is 12.1 Å². The standard InChI is InChI=1S/C22H28N2O4S/c1-4-6-19-15(5-2)13-20(29-19)21(25)23-18-8-7-16(14-17(18)22(26)27-3)24-9-11-28-12-10-24/h7-8,13-14H,4-6,9-12H2,1-3H3,(H,23,25). The maximum absolute atomic E-state index is 12.9. The predicted molar refractivity (Wildman–Crippen MR) is 116 cm³/mol. The molecule has 156 valence electrons. The number of esters is 1. The Hall–Kier alpha value is -2.38. The Kier molecular flexibility index (Phi) is 7.28. The topological polar surface area (TPSA) is 67.9 Å². The van der Waals surface area contributed by atoms with Crippen molar-refractivity contribution >= 4 is 34.6 Å². The van der Waals surface area contributed by atoms with Gasteiger partial charge in [-0.1, -0.05) is 20.3 Å². The average molecular weight is 417 g/mol. The Morgan fingerprint density at radius 3 is 2.62 bits per heavy atom. The van der Waals surface area contributed by atoms with E-state index in [4.69, 9.17) is 9.47 Å². The minimum absolute atomic E-state index is 0.198. The van der Waals surface area contributed by atoms with Gasteiger partial charge in [-0.3, -0.25) is 4.79 Å². The van der Waals surface area contributed by atoms with Crippen molar-refractivity contribution in [3.05, 3.63) is 45.1 Å². The second-order valence-corrected chi connectivity index (χ2v) is 8.07. The highest BCUT2D eigenvalue weighted by Gasteiger charge is 2.20. The van der Waals surface area contributed by atoms with Gasteiger partial charge in [-0.2, -0.15) is 0 Å². The SMILES string of the molecule is CCCc1sc(C(=O)Nc2ccc(N3CCOCC3)cc2C(=O)OC)cc1CC. The van der Waals surface area contributed by atoms with Crippen LogP contribution in [0.5, 0.6) is 0 Å². The molecule has 3 rings (SSSR count). The van der Waals surface area contributed by atoms with Crippen LogP contribution in [0.25, 0.3) is 0 Å². The van der Waals surface area contributed by atoms with Crippen LogP contribution in [-0.2, 0) is 22.3 Å². The zero-order valence-corrected chi connectivity index (χ0v) is 18.1. The Labute approximate surface area is 175 Å². The van der Waals surface area contributed by atoms with Gasteiger partial charge in [0.1, 0.15) is 0 Å². The molecule has 0 atom stereocenters. The fraction of sp³-hybridized carbons (Fsp3) is 0.455. The first-order valence-corrected chi connectivity index (χ1v) is 10.9. The Morgan fingerprint density at radius 2 is 1.97 bits per heavy atom. The van der Waals surface area contributed by atoms with Gasteiger partial charge < -0.3 is 19.7 Å². The molecule has 29 heavy (non-hydrogen) atoms. The van der Waals surface area contributed by atoms with E-state index < -0.39 is 5.97 Å². The number of anilines is 2. The zero-order chi connectivity index (χ0) is 20.8. The highest BCUT2D eigenvalue weighted by molar-refractivity contribution is 7.14. The fourth-order valence-electron chi connectivity index (χ4n) is 3.44. The maximum Gasteiger partial charge on any atom is 0.340 e. The molecule has 6 nitrogen and oxygen atoms in total. The van der Waals surface area contributed by atoms with Gasteiger partial charge in [-0.05, 0) is 42.7 Å². The van der Waals surface area contributed by atoms with Crippen LogP contribution in [0.3, 0.4) is 0 Å². The van der Waals surface area contributed by atoms with E-state index in [9.17, 15) is 9.59 Å². The number of benzene rings is 1. The van der Waals surface area contributed by atoms with Gasteiger partial charge in [0.2, 0.25) is 0 Å². The number of hydrogen-bond donors (Lipinski definition) is 1. The molecule has 1 saturated heterocycles. The molecule has 1 aliphatic heterocycles. The van der Waals surface area contributed by atoms with Crippen LogP contribution in [0.15, 0.2) is 24.3 Å². The number of amides is 1. The van der Waals surface area contributed by atoms with Crippen LogP contribution < -0.4 is 10.2 Å². The second-order valence-electron chi connectivity index (χ2n) is 6.94. The van der Waals surface area contributed by atoms with E-state index in [2.05, 4.69) is 24.1 Å². The van der Waals surface area contributed by atoms with Crippen molar-refractivity contribution in [2.75, 3.05) is 43.6 Å². The zero-order valence-electron chi connectivity index (χ0n) is 17.2. The van der Waals surface area contributed by atoms with Crippen molar-refractivity contribution in [2.24, 2.45) is 0 Å². The molecule has 1 fully saturated rings. The molecule has 7 heteroatoms. The smallest absolute Gasteiger partial charge is 0.340 e. The van der Waals surface area contributed by atoms with E-state index in [0.29, 0.717) is 29.3 Å². The molecule has 1 aromatic carbocycles. The number of thiophene rings is 1. The third-order valence-corrected chi connectivity index (χ3v) is 6.25. The van der Waals surface area contributed by atoms with Crippen LogP contribution in [0.1, 0.15) is 50.7 Å². The van der Waals surface area contributed by atoms with E-state index in [1.807, 2.05) is 12.1 Å². The normalized spacial score (nSPS) is 14.0. The number of methoxy groups -OCH3 is 1. The third kappa shape index (κ3) is 4.97. The summed E-state index contributed by atoms with van der Waals surface area (Å²) in [6.45, 7) is 7.08. The van der Waals surface area contributed by atoms with E-state index in [-0.39, 0.29) is 5.91 Å². The van der Waals surface area contributed by atoms with Crippen LogP contribution in [0.2, 0.25) is 0 Å². The third-order valence-electron chi connectivity index (χ3n) is 5.01. The number of ether oxygens (including phenoxy) is 2. The van der Waals surface area contributed by atoms with Gasteiger partial charge in [-0.25, -0.2) is 4.79 Å². The number of carbonyl (C=O) groups is 2. The lowest BCUT2D eigenvalue weighted by atomic mass is 10.1. The van der Waals surface area contributed by atoms with Gasteiger partial charge in [0.15, 0.2) is 0 Å². The molecule has 0 radical (unpaired) electrons. The summed E-state index contributed by atoms with van der Waals surface area (Å²) in [7, 11) is 1.35. The maximum atomic E-state index is 12.9. The van der Waals surface area contributed by atoms with Crippen molar-refractivity contribution in [1.29, 1.82) is 0 Å². The first kappa shape index (κ1) is 21.3. The summed E-state index contributed by atoms with van der Waals surface area (Å²) in [5.41, 5.74) is 2.95. The molecule has 1 N–H and O–H groups in total. The molecule has 2 heterocycles. The predicted octanol–water partition coefficient (Wildman–Crippen LogP) is 4.14. The highest BCUT2D eigenvalue weighted by atomic mass is 32.1. The van der Waals surface area contributed by atoms with Crippen LogP contribution in [0.4, 0.5) is 11.4 Å². The minimum Gasteiger partial charge on any atom is -0.465 e. The van der Waals surface area contributed by atoms with Gasteiger partial charge in [0.25, 0.3) is 5.91 Å². The number of nitrogens with zero attached hydrogens (tertiary/aromatic N) is 1. The summed E-state index contributed by atoms with van der Waals surface area (Å²) in [5.74, 6) is -0.668. The fourth-order valence-corrected chi connectivity index (χ4v) is 4.69. The summed E-state index contributed by atoms with van der Waals surface area (Å²) in [4.78, 5) is 29.3. The number of nitrogens with one attached hydrogen (secondary N) is 1. The van der Waals surface area contributed by atoms with Crippen molar-refractivity contribution < 1.29 is 19.1 Å². The van der Waals surface area contributed by atoms with Crippen molar-refractivity contribution in [3.8, 4) is 0 Å². The molecular formula is C22H28N2O4S. The first-order chi connectivity index (χ1) is 14.1. The van der Waals surface area contributed by atoms with Crippen molar-refractivity contribution in [3.63, 3.8) is 0 Å². The molecule has 0 saturated carbocycles. The Balaban J connectivity index is 1.85. The molecule has 1 amide bonds. The van der Waals surface area contributed by atoms with Gasteiger partial charge >= 0.3 is 5.97 Å². The molecule has 1 aromatic heterocycles. The molecule has 1 aliphatic rings. The number of hydrogen-bond acceptors (Lipinski definition) is 6. The lowest BCUT2D eigenvalue weighted by Gasteiger charge is -2.29. The molecule has 0 spiro atoms. The first-order valence-electron chi connectivity index (χ1n) is 10.0. The Bertz CT molecular complexity index is 872. The number of rotatable bonds is 7. The summed E-state index contributed by atoms with van der Waals surface area (Å²) in [6, 6.07) is 7.43. The van der Waals surface area contributed by atoms with Gasteiger partial charge in [-0.15, -0.1) is 11.3 Å². The molecule has 0 unspecified atom stereocenters. The molecule has 0 bridgehead atoms. The monoisotopic (exact) mass is 416 g/mol. The quantitative estimate of drug-likeness (QED) is 0.687. The van der Waals surface area contributed by atoms with E-state index in [0.717, 1.165) is 38.0 Å². The van der Waals surface area contributed by atoms with Gasteiger partial charge in [0, 0.05) is 23.7 Å². The number of carbonyl (C=O) groups excluding carboxylic acids is 2. The molecular weight excluding hydrogens is 388 g/mol. The number of aryl methyl sites for hydroxylation is 2. The second kappa shape index (κ2) is 9.89. The van der Waals surface area contributed by atoms with Crippen molar-refractivity contribution in [1.82, 2.24) is 0 Å². The number of morpholine rings is 1.